The Balaban J connectivity index is 2.49. The molecule has 1 aromatic carbocycles. The molecule has 0 amide bonds. The van der Waals surface area contributed by atoms with Gasteiger partial charge in [-0.1, -0.05) is 25.5 Å². The number of thiocarbonyl (C=S) groups is 1. The lowest BCUT2D eigenvalue weighted by atomic mass is 9.94. The van der Waals surface area contributed by atoms with Crippen LogP contribution in [0.1, 0.15) is 38.3 Å². The van der Waals surface area contributed by atoms with Gasteiger partial charge in [0.2, 0.25) is 0 Å². The Hall–Kier alpha value is -2.08. The molecular formula is C16H20N2O3S. The van der Waals surface area contributed by atoms with E-state index in [1.54, 1.807) is 25.1 Å². The molecule has 0 saturated carbocycles. The Labute approximate surface area is 135 Å². The molecule has 5 nitrogen and oxygen atoms in total. The largest absolute Gasteiger partial charge is 0.508 e. The van der Waals surface area contributed by atoms with E-state index in [-0.39, 0.29) is 11.7 Å². The van der Waals surface area contributed by atoms with Crippen LogP contribution in [0.25, 0.3) is 0 Å². The van der Waals surface area contributed by atoms with E-state index in [9.17, 15) is 9.90 Å². The van der Waals surface area contributed by atoms with Gasteiger partial charge in [-0.2, -0.15) is 0 Å². The zero-order valence-corrected chi connectivity index (χ0v) is 13.5. The van der Waals surface area contributed by atoms with Crippen molar-refractivity contribution < 1.29 is 14.6 Å². The summed E-state index contributed by atoms with van der Waals surface area (Å²) in [5.41, 5.74) is 2.06. The van der Waals surface area contributed by atoms with Crippen molar-refractivity contribution in [3.63, 3.8) is 0 Å². The Morgan fingerprint density at radius 3 is 2.82 bits per heavy atom. The van der Waals surface area contributed by atoms with Crippen molar-refractivity contribution in [1.29, 1.82) is 0 Å². The molecule has 0 spiro atoms. The van der Waals surface area contributed by atoms with Crippen molar-refractivity contribution >= 4 is 23.3 Å². The van der Waals surface area contributed by atoms with Gasteiger partial charge in [0.15, 0.2) is 5.11 Å². The molecule has 1 unspecified atom stereocenters. The third kappa shape index (κ3) is 3.57. The van der Waals surface area contributed by atoms with Crippen LogP contribution in [0.2, 0.25) is 0 Å². The van der Waals surface area contributed by atoms with Gasteiger partial charge in [0.05, 0.1) is 18.2 Å². The predicted octanol–water partition coefficient (Wildman–Crippen LogP) is 2.53. The maximum absolute atomic E-state index is 12.4. The summed E-state index contributed by atoms with van der Waals surface area (Å²) in [5.74, 6) is -0.231. The highest BCUT2D eigenvalue weighted by atomic mass is 32.1. The molecule has 0 aromatic heterocycles. The molecular weight excluding hydrogens is 300 g/mol. The Morgan fingerprint density at radius 2 is 2.18 bits per heavy atom. The molecule has 118 valence electrons. The smallest absolute Gasteiger partial charge is 0.338 e. The van der Waals surface area contributed by atoms with Crippen LogP contribution < -0.4 is 10.6 Å². The topological polar surface area (TPSA) is 70.6 Å². The summed E-state index contributed by atoms with van der Waals surface area (Å²) in [7, 11) is 0. The summed E-state index contributed by atoms with van der Waals surface area (Å²) in [4.78, 5) is 12.4. The first-order valence-electron chi connectivity index (χ1n) is 7.33. The number of ether oxygens (including phenoxy) is 1. The lowest BCUT2D eigenvalue weighted by Crippen LogP contribution is -2.45. The van der Waals surface area contributed by atoms with Crippen LogP contribution in [-0.4, -0.2) is 22.8 Å². The molecule has 1 atom stereocenters. The van der Waals surface area contributed by atoms with Crippen LogP contribution in [0.3, 0.4) is 0 Å². The predicted molar refractivity (Wildman–Crippen MR) is 88.3 cm³/mol. The van der Waals surface area contributed by atoms with Crippen molar-refractivity contribution in [2.45, 2.75) is 32.7 Å². The molecule has 0 saturated heterocycles. The van der Waals surface area contributed by atoms with Gasteiger partial charge in [0.1, 0.15) is 5.75 Å². The maximum atomic E-state index is 12.4. The molecule has 1 heterocycles. The first-order valence-corrected chi connectivity index (χ1v) is 7.74. The van der Waals surface area contributed by atoms with Gasteiger partial charge in [-0.25, -0.2) is 4.79 Å². The van der Waals surface area contributed by atoms with Crippen LogP contribution in [-0.2, 0) is 9.53 Å². The number of nitrogens with one attached hydrogen (secondary N) is 2. The first-order chi connectivity index (χ1) is 10.6. The number of carbonyl (C=O) groups excluding carboxylic acids is 1. The number of aromatic hydroxyl groups is 1. The van der Waals surface area contributed by atoms with Gasteiger partial charge < -0.3 is 20.5 Å². The number of allylic oxidation sites excluding steroid dienone is 1. The number of hydrogen-bond donors (Lipinski definition) is 3. The summed E-state index contributed by atoms with van der Waals surface area (Å²) < 4.78 is 5.19. The first kappa shape index (κ1) is 16.3. The SMILES string of the molecule is CCCC1=C(C(=O)OCC)C(c2cccc(O)c2)NC(=S)N1. The average molecular weight is 320 g/mol. The quantitative estimate of drug-likeness (QED) is 0.572. The van der Waals surface area contributed by atoms with Crippen LogP contribution in [0.15, 0.2) is 35.5 Å². The van der Waals surface area contributed by atoms with Crippen molar-refractivity contribution in [2.24, 2.45) is 0 Å². The number of esters is 1. The highest BCUT2D eigenvalue weighted by Gasteiger charge is 2.32. The van der Waals surface area contributed by atoms with Crippen molar-refractivity contribution in [1.82, 2.24) is 10.6 Å². The van der Waals surface area contributed by atoms with E-state index in [0.29, 0.717) is 23.7 Å². The Kier molecular flexibility index (Phi) is 5.38. The highest BCUT2D eigenvalue weighted by Crippen LogP contribution is 2.30. The third-order valence-electron chi connectivity index (χ3n) is 3.35. The molecule has 22 heavy (non-hydrogen) atoms. The summed E-state index contributed by atoms with van der Waals surface area (Å²) >= 11 is 5.24. The van der Waals surface area contributed by atoms with Crippen LogP contribution in [0.4, 0.5) is 0 Å². The maximum Gasteiger partial charge on any atom is 0.338 e. The highest BCUT2D eigenvalue weighted by molar-refractivity contribution is 7.80. The number of benzene rings is 1. The van der Waals surface area contributed by atoms with Crippen molar-refractivity contribution in [3.8, 4) is 5.75 Å². The number of hydrogen-bond acceptors (Lipinski definition) is 4. The van der Waals surface area contributed by atoms with Gasteiger partial charge in [-0.15, -0.1) is 0 Å². The molecule has 1 aliphatic rings. The van der Waals surface area contributed by atoms with Crippen LogP contribution in [0.5, 0.6) is 5.75 Å². The fraction of sp³-hybridized carbons (Fsp3) is 0.375. The fourth-order valence-corrected chi connectivity index (χ4v) is 2.71. The number of phenolic OH excluding ortho intramolecular Hbond substituents is 1. The van der Waals surface area contributed by atoms with Gasteiger partial charge in [-0.05, 0) is 43.3 Å². The average Bonchev–Trinajstić information content (AvgIpc) is 2.47. The standard InChI is InChI=1S/C16H20N2O3S/c1-3-6-12-13(15(20)21-4-2)14(18-16(22)17-12)10-7-5-8-11(19)9-10/h5,7-9,14,19H,3-4,6H2,1-2H3,(H2,17,18,22). The van der Waals surface area contributed by atoms with E-state index in [4.69, 9.17) is 17.0 Å². The van der Waals surface area contributed by atoms with E-state index >= 15 is 0 Å². The summed E-state index contributed by atoms with van der Waals surface area (Å²) in [6.45, 7) is 4.11. The normalized spacial score (nSPS) is 17.7. The lowest BCUT2D eigenvalue weighted by Gasteiger charge is -2.31. The third-order valence-corrected chi connectivity index (χ3v) is 3.57. The van der Waals surface area contributed by atoms with Crippen molar-refractivity contribution in [3.05, 3.63) is 41.1 Å². The van der Waals surface area contributed by atoms with E-state index in [1.807, 2.05) is 13.0 Å². The molecule has 0 fully saturated rings. The Morgan fingerprint density at radius 1 is 1.41 bits per heavy atom. The zero-order valence-electron chi connectivity index (χ0n) is 12.7. The van der Waals surface area contributed by atoms with E-state index in [0.717, 1.165) is 17.7 Å². The minimum Gasteiger partial charge on any atom is -0.508 e. The van der Waals surface area contributed by atoms with Gasteiger partial charge in [0, 0.05) is 5.70 Å². The van der Waals surface area contributed by atoms with Crippen LogP contribution >= 0.6 is 12.2 Å². The number of phenols is 1. The molecule has 0 bridgehead atoms. The molecule has 0 aliphatic carbocycles. The molecule has 1 aromatic rings. The molecule has 6 heteroatoms. The zero-order chi connectivity index (χ0) is 16.1. The van der Waals surface area contributed by atoms with Gasteiger partial charge in [-0.3, -0.25) is 0 Å². The van der Waals surface area contributed by atoms with E-state index in [2.05, 4.69) is 10.6 Å². The fourth-order valence-electron chi connectivity index (χ4n) is 2.47. The van der Waals surface area contributed by atoms with E-state index in [1.165, 1.54) is 0 Å². The summed E-state index contributed by atoms with van der Waals surface area (Å²) in [6, 6.07) is 6.35. The molecule has 3 N–H and O–H groups in total. The van der Waals surface area contributed by atoms with Gasteiger partial charge >= 0.3 is 5.97 Å². The van der Waals surface area contributed by atoms with Crippen LogP contribution in [0, 0.1) is 0 Å². The Bertz CT molecular complexity index is 613. The lowest BCUT2D eigenvalue weighted by molar-refractivity contribution is -0.139. The minimum absolute atomic E-state index is 0.143. The minimum atomic E-state index is -0.429. The molecule has 2 rings (SSSR count). The summed E-state index contributed by atoms with van der Waals surface area (Å²) in [6.07, 6.45) is 1.58. The molecule has 1 aliphatic heterocycles. The second kappa shape index (κ2) is 7.26. The second-order valence-corrected chi connectivity index (χ2v) is 5.40. The summed E-state index contributed by atoms with van der Waals surface area (Å²) in [5, 5.41) is 16.3. The number of carbonyl (C=O) groups is 1. The number of rotatable bonds is 5. The molecule has 0 radical (unpaired) electrons. The van der Waals surface area contributed by atoms with E-state index < -0.39 is 6.04 Å². The second-order valence-electron chi connectivity index (χ2n) is 4.99. The van der Waals surface area contributed by atoms with Crippen molar-refractivity contribution in [2.75, 3.05) is 6.61 Å². The van der Waals surface area contributed by atoms with Gasteiger partial charge in [0.25, 0.3) is 0 Å². The monoisotopic (exact) mass is 320 g/mol.